The average molecular weight is 519 g/mol. The van der Waals surface area contributed by atoms with Crippen molar-refractivity contribution in [1.29, 1.82) is 0 Å². The van der Waals surface area contributed by atoms with Gasteiger partial charge in [-0.15, -0.1) is 17.9 Å². The molecule has 0 N–H and O–H groups in total. The van der Waals surface area contributed by atoms with E-state index in [4.69, 9.17) is 14.2 Å². The second kappa shape index (κ2) is 10.7. The Labute approximate surface area is 220 Å². The largest absolute Gasteiger partial charge is 0.491 e. The highest BCUT2D eigenvalue weighted by Gasteiger charge is 2.34. The summed E-state index contributed by atoms with van der Waals surface area (Å²) in [7, 11) is 0. The molecule has 8 heteroatoms. The number of fused-ring (bicyclic) bond motifs is 2. The standard InChI is InChI=1S/C29H30N2O5S/c1-4-11-30(29(33)21-6-8-25-26(15-21)36-18-35-25)16-28(32)31-12-9-27-22(10-13-37-27)23(31)17-34-24-7-5-19(2)14-20(24)3/h4-8,10,13-15,23H,1,9,11-12,16-18H2,2-3H3. The molecule has 0 spiro atoms. The van der Waals surface area contributed by atoms with Gasteiger partial charge in [-0.3, -0.25) is 9.59 Å². The van der Waals surface area contributed by atoms with Crippen molar-refractivity contribution >= 4 is 23.2 Å². The predicted octanol–water partition coefficient (Wildman–Crippen LogP) is 4.93. The van der Waals surface area contributed by atoms with Crippen LogP contribution in [0.5, 0.6) is 17.2 Å². The van der Waals surface area contributed by atoms with Gasteiger partial charge in [0.25, 0.3) is 5.91 Å². The lowest BCUT2D eigenvalue weighted by Gasteiger charge is -2.37. The third-order valence-corrected chi connectivity index (χ3v) is 7.72. The van der Waals surface area contributed by atoms with Crippen molar-refractivity contribution in [1.82, 2.24) is 9.80 Å². The topological polar surface area (TPSA) is 68.3 Å². The van der Waals surface area contributed by atoms with Crippen molar-refractivity contribution < 1.29 is 23.8 Å². The molecule has 2 amide bonds. The quantitative estimate of drug-likeness (QED) is 0.396. The molecule has 1 aromatic heterocycles. The summed E-state index contributed by atoms with van der Waals surface area (Å²) in [6.07, 6.45) is 2.42. The van der Waals surface area contributed by atoms with Crippen LogP contribution in [0.25, 0.3) is 0 Å². The number of hydrogen-bond acceptors (Lipinski definition) is 6. The molecule has 7 nitrogen and oxygen atoms in total. The zero-order valence-corrected chi connectivity index (χ0v) is 21.9. The number of rotatable bonds is 8. The van der Waals surface area contributed by atoms with E-state index in [1.165, 1.54) is 15.3 Å². The first-order valence-corrected chi connectivity index (χ1v) is 13.2. The van der Waals surface area contributed by atoms with Crippen LogP contribution in [0.1, 0.15) is 38.0 Å². The number of nitrogens with zero attached hydrogens (tertiary/aromatic N) is 2. The third kappa shape index (κ3) is 5.20. The van der Waals surface area contributed by atoms with Gasteiger partial charge in [-0.1, -0.05) is 23.8 Å². The van der Waals surface area contributed by atoms with E-state index < -0.39 is 0 Å². The van der Waals surface area contributed by atoms with Gasteiger partial charge in [0.15, 0.2) is 11.5 Å². The number of amides is 2. The molecule has 0 aliphatic carbocycles. The number of thiophene rings is 1. The van der Waals surface area contributed by atoms with Gasteiger partial charge in [-0.25, -0.2) is 0 Å². The smallest absolute Gasteiger partial charge is 0.254 e. The van der Waals surface area contributed by atoms with Crippen molar-refractivity contribution in [3.05, 3.63) is 87.6 Å². The van der Waals surface area contributed by atoms with E-state index >= 15 is 0 Å². The van der Waals surface area contributed by atoms with Gasteiger partial charge < -0.3 is 24.0 Å². The summed E-state index contributed by atoms with van der Waals surface area (Å²) in [4.78, 5) is 31.7. The molecule has 3 aromatic rings. The van der Waals surface area contributed by atoms with Crippen LogP contribution < -0.4 is 14.2 Å². The SMILES string of the molecule is C=CCN(CC(=O)N1CCc2sccc2C1COc1ccc(C)cc1C)C(=O)c1ccc2c(c1)OCO2. The molecule has 5 rings (SSSR count). The Balaban J connectivity index is 1.34. The maximum Gasteiger partial charge on any atom is 0.254 e. The molecular weight excluding hydrogens is 488 g/mol. The molecule has 192 valence electrons. The van der Waals surface area contributed by atoms with E-state index in [0.29, 0.717) is 30.2 Å². The molecule has 0 fully saturated rings. The Morgan fingerprint density at radius 3 is 2.81 bits per heavy atom. The Kier molecular flexibility index (Phi) is 7.19. The van der Waals surface area contributed by atoms with Crippen LogP contribution >= 0.6 is 11.3 Å². The van der Waals surface area contributed by atoms with Crippen LogP contribution in [-0.4, -0.2) is 54.6 Å². The third-order valence-electron chi connectivity index (χ3n) is 6.72. The van der Waals surface area contributed by atoms with E-state index in [1.807, 2.05) is 24.0 Å². The molecule has 1 unspecified atom stereocenters. The van der Waals surface area contributed by atoms with Gasteiger partial charge in [0.2, 0.25) is 12.7 Å². The lowest BCUT2D eigenvalue weighted by atomic mass is 10.00. The highest BCUT2D eigenvalue weighted by molar-refractivity contribution is 7.10. The fraction of sp³-hybridized carbons (Fsp3) is 0.310. The van der Waals surface area contributed by atoms with Crippen LogP contribution in [0.2, 0.25) is 0 Å². The molecule has 1 atom stereocenters. The van der Waals surface area contributed by atoms with Crippen LogP contribution in [0.3, 0.4) is 0 Å². The summed E-state index contributed by atoms with van der Waals surface area (Å²) in [6, 6.07) is 13.0. The molecule has 0 bridgehead atoms. The summed E-state index contributed by atoms with van der Waals surface area (Å²) < 4.78 is 17.0. The van der Waals surface area contributed by atoms with Gasteiger partial charge in [0.1, 0.15) is 18.9 Å². The number of aryl methyl sites for hydroxylation is 2. The van der Waals surface area contributed by atoms with E-state index in [1.54, 1.807) is 35.6 Å². The minimum absolute atomic E-state index is 0.0567. The maximum atomic E-state index is 13.7. The van der Waals surface area contributed by atoms with Crippen LogP contribution in [0.15, 0.2) is 60.5 Å². The molecule has 3 heterocycles. The van der Waals surface area contributed by atoms with Crippen molar-refractivity contribution in [3.63, 3.8) is 0 Å². The van der Waals surface area contributed by atoms with Crippen molar-refractivity contribution in [2.24, 2.45) is 0 Å². The molecular formula is C29H30N2O5S. The molecule has 0 saturated carbocycles. The lowest BCUT2D eigenvalue weighted by molar-refractivity contribution is -0.135. The highest BCUT2D eigenvalue weighted by atomic mass is 32.1. The number of ether oxygens (including phenoxy) is 3. The van der Waals surface area contributed by atoms with Crippen molar-refractivity contribution in [3.8, 4) is 17.2 Å². The van der Waals surface area contributed by atoms with Gasteiger partial charge in [0.05, 0.1) is 6.04 Å². The molecule has 0 radical (unpaired) electrons. The number of hydrogen-bond donors (Lipinski definition) is 0. The summed E-state index contributed by atoms with van der Waals surface area (Å²) >= 11 is 1.71. The van der Waals surface area contributed by atoms with E-state index in [0.717, 1.165) is 23.3 Å². The molecule has 2 aliphatic heterocycles. The molecule has 0 saturated heterocycles. The molecule has 2 aromatic carbocycles. The van der Waals surface area contributed by atoms with Crippen LogP contribution in [-0.2, 0) is 11.2 Å². The zero-order valence-electron chi connectivity index (χ0n) is 21.1. The number of carbonyl (C=O) groups excluding carboxylic acids is 2. The van der Waals surface area contributed by atoms with E-state index in [-0.39, 0.29) is 37.7 Å². The first kappa shape index (κ1) is 24.9. The normalized spacial score (nSPS) is 15.7. The van der Waals surface area contributed by atoms with Crippen molar-refractivity contribution in [2.75, 3.05) is 33.0 Å². The lowest BCUT2D eigenvalue weighted by Crippen LogP contribution is -2.47. The maximum absolute atomic E-state index is 13.7. The first-order chi connectivity index (χ1) is 17.9. The summed E-state index contributed by atoms with van der Waals surface area (Å²) in [5.41, 5.74) is 3.79. The second-order valence-corrected chi connectivity index (χ2v) is 10.3. The van der Waals surface area contributed by atoms with E-state index in [9.17, 15) is 9.59 Å². The summed E-state index contributed by atoms with van der Waals surface area (Å²) in [5, 5.41) is 2.07. The molecule has 2 aliphatic rings. The summed E-state index contributed by atoms with van der Waals surface area (Å²) in [5.74, 6) is 1.56. The second-order valence-electron chi connectivity index (χ2n) is 9.27. The fourth-order valence-electron chi connectivity index (χ4n) is 4.85. The van der Waals surface area contributed by atoms with Gasteiger partial charge >= 0.3 is 0 Å². The van der Waals surface area contributed by atoms with Crippen molar-refractivity contribution in [2.45, 2.75) is 26.3 Å². The zero-order chi connectivity index (χ0) is 25.9. The first-order valence-electron chi connectivity index (χ1n) is 12.3. The number of benzene rings is 2. The van der Waals surface area contributed by atoms with Gasteiger partial charge in [-0.2, -0.15) is 0 Å². The monoisotopic (exact) mass is 518 g/mol. The summed E-state index contributed by atoms with van der Waals surface area (Å²) in [6.45, 7) is 9.11. The Morgan fingerprint density at radius 1 is 1.16 bits per heavy atom. The van der Waals surface area contributed by atoms with Crippen LogP contribution in [0, 0.1) is 13.8 Å². The Bertz CT molecular complexity index is 1330. The Morgan fingerprint density at radius 2 is 2.00 bits per heavy atom. The predicted molar refractivity (Wildman–Crippen MR) is 143 cm³/mol. The minimum Gasteiger partial charge on any atom is -0.491 e. The Hall–Kier alpha value is -3.78. The van der Waals surface area contributed by atoms with Gasteiger partial charge in [-0.05, 0) is 67.1 Å². The minimum atomic E-state index is -0.261. The fourth-order valence-corrected chi connectivity index (χ4v) is 5.77. The average Bonchev–Trinajstić information content (AvgIpc) is 3.56. The highest BCUT2D eigenvalue weighted by Crippen LogP contribution is 2.35. The van der Waals surface area contributed by atoms with Gasteiger partial charge in [0, 0.05) is 23.5 Å². The van der Waals surface area contributed by atoms with Crippen LogP contribution in [0.4, 0.5) is 0 Å². The molecule has 37 heavy (non-hydrogen) atoms. The number of carbonyl (C=O) groups is 2. The van der Waals surface area contributed by atoms with E-state index in [2.05, 4.69) is 31.0 Å².